The van der Waals surface area contributed by atoms with E-state index in [2.05, 4.69) is 0 Å². The van der Waals surface area contributed by atoms with Crippen molar-refractivity contribution in [3.63, 3.8) is 0 Å². The predicted molar refractivity (Wildman–Crippen MR) is 79.1 cm³/mol. The summed E-state index contributed by atoms with van der Waals surface area (Å²) in [6, 6.07) is 12.7. The second-order valence-corrected chi connectivity index (χ2v) is 5.25. The quantitative estimate of drug-likeness (QED) is 0.682. The molecule has 2 aromatic carbocycles. The minimum atomic E-state index is -0.00523. The van der Waals surface area contributed by atoms with Crippen LogP contribution < -0.4 is 10.5 Å². The van der Waals surface area contributed by atoms with E-state index < -0.39 is 0 Å². The molecule has 0 spiro atoms. The summed E-state index contributed by atoms with van der Waals surface area (Å²) in [7, 11) is 0. The number of anilines is 1. The van der Waals surface area contributed by atoms with Gasteiger partial charge in [-0.15, -0.1) is 0 Å². The Balaban J connectivity index is 1.86. The molecule has 0 unspecified atom stereocenters. The Labute approximate surface area is 118 Å². The van der Waals surface area contributed by atoms with Crippen molar-refractivity contribution >= 4 is 11.5 Å². The van der Waals surface area contributed by atoms with Gasteiger partial charge < -0.3 is 10.5 Å². The number of aryl methyl sites for hydroxylation is 1. The molecule has 3 heteroatoms. The molecular formula is C17H17NO2. The van der Waals surface area contributed by atoms with E-state index in [9.17, 15) is 4.79 Å². The first-order valence-electron chi connectivity index (χ1n) is 6.81. The molecule has 0 bridgehead atoms. The molecule has 1 aliphatic rings. The Bertz CT molecular complexity index is 660. The van der Waals surface area contributed by atoms with Crippen LogP contribution in [0.2, 0.25) is 0 Å². The maximum absolute atomic E-state index is 12.5. The maximum Gasteiger partial charge on any atom is 0.193 e. The van der Waals surface area contributed by atoms with Crippen molar-refractivity contribution in [2.75, 3.05) is 5.73 Å². The number of nitrogens with two attached hydrogens (primary N) is 1. The van der Waals surface area contributed by atoms with Crippen molar-refractivity contribution in [1.82, 2.24) is 0 Å². The molecule has 2 N–H and O–H groups in total. The van der Waals surface area contributed by atoms with E-state index in [0.717, 1.165) is 24.2 Å². The van der Waals surface area contributed by atoms with Gasteiger partial charge in [0.2, 0.25) is 0 Å². The van der Waals surface area contributed by atoms with E-state index >= 15 is 0 Å². The molecule has 0 aliphatic heterocycles. The van der Waals surface area contributed by atoms with Crippen LogP contribution >= 0.6 is 0 Å². The molecule has 0 aromatic heterocycles. The smallest absolute Gasteiger partial charge is 0.193 e. The highest BCUT2D eigenvalue weighted by Crippen LogP contribution is 2.27. The molecule has 0 atom stereocenters. The summed E-state index contributed by atoms with van der Waals surface area (Å²) in [5, 5.41) is 0. The van der Waals surface area contributed by atoms with Crippen molar-refractivity contribution < 1.29 is 9.53 Å². The third-order valence-corrected chi connectivity index (χ3v) is 3.46. The second-order valence-electron chi connectivity index (χ2n) is 5.25. The number of hydrogen-bond donors (Lipinski definition) is 1. The molecule has 0 radical (unpaired) electrons. The minimum absolute atomic E-state index is 0.00523. The largest absolute Gasteiger partial charge is 0.490 e. The van der Waals surface area contributed by atoms with Crippen molar-refractivity contribution in [2.45, 2.75) is 25.9 Å². The van der Waals surface area contributed by atoms with Gasteiger partial charge in [-0.1, -0.05) is 12.1 Å². The topological polar surface area (TPSA) is 52.3 Å². The van der Waals surface area contributed by atoms with Gasteiger partial charge in [-0.3, -0.25) is 4.79 Å². The number of benzene rings is 2. The average Bonchev–Trinajstić information content (AvgIpc) is 3.25. The Morgan fingerprint density at radius 2 is 1.90 bits per heavy atom. The van der Waals surface area contributed by atoms with E-state index in [4.69, 9.17) is 10.5 Å². The number of ketones is 1. The van der Waals surface area contributed by atoms with Crippen molar-refractivity contribution in [3.05, 3.63) is 59.2 Å². The summed E-state index contributed by atoms with van der Waals surface area (Å²) in [6.45, 7) is 1.90. The van der Waals surface area contributed by atoms with Gasteiger partial charge in [0.05, 0.1) is 6.10 Å². The molecule has 1 fully saturated rings. The first-order chi connectivity index (χ1) is 9.63. The van der Waals surface area contributed by atoms with Crippen molar-refractivity contribution in [2.24, 2.45) is 0 Å². The zero-order chi connectivity index (χ0) is 14.1. The molecule has 3 nitrogen and oxygen atoms in total. The lowest BCUT2D eigenvalue weighted by atomic mass is 10.0. The highest BCUT2D eigenvalue weighted by atomic mass is 16.5. The number of nitrogen functional groups attached to an aromatic ring is 1. The van der Waals surface area contributed by atoms with Crippen LogP contribution in [0.3, 0.4) is 0 Å². The first-order valence-corrected chi connectivity index (χ1v) is 6.81. The Morgan fingerprint density at radius 3 is 2.60 bits per heavy atom. The highest BCUT2D eigenvalue weighted by Gasteiger charge is 2.23. The third-order valence-electron chi connectivity index (χ3n) is 3.46. The van der Waals surface area contributed by atoms with Crippen LogP contribution in [0.15, 0.2) is 42.5 Å². The molecule has 2 aromatic rings. The standard InChI is InChI=1S/C17H17NO2/c1-11-9-13(5-8-16(11)18)17(19)12-3-2-4-15(10-12)20-14-6-7-14/h2-5,8-10,14H,6-7,18H2,1H3. The van der Waals surface area contributed by atoms with E-state index in [-0.39, 0.29) is 5.78 Å². The van der Waals surface area contributed by atoms with Gasteiger partial charge in [0, 0.05) is 16.8 Å². The minimum Gasteiger partial charge on any atom is -0.490 e. The van der Waals surface area contributed by atoms with E-state index in [0.29, 0.717) is 22.9 Å². The number of carbonyl (C=O) groups excluding carboxylic acids is 1. The summed E-state index contributed by atoms with van der Waals surface area (Å²) in [4.78, 5) is 12.5. The SMILES string of the molecule is Cc1cc(C(=O)c2cccc(OC3CC3)c2)ccc1N. The van der Waals surface area contributed by atoms with Crippen LogP contribution in [0.5, 0.6) is 5.75 Å². The van der Waals surface area contributed by atoms with Crippen molar-refractivity contribution in [1.29, 1.82) is 0 Å². The fraction of sp³-hybridized carbons (Fsp3) is 0.235. The fourth-order valence-electron chi connectivity index (χ4n) is 2.07. The average molecular weight is 267 g/mol. The van der Waals surface area contributed by atoms with Crippen LogP contribution in [0.25, 0.3) is 0 Å². The molecular weight excluding hydrogens is 250 g/mol. The number of hydrogen-bond acceptors (Lipinski definition) is 3. The summed E-state index contributed by atoms with van der Waals surface area (Å²) < 4.78 is 5.72. The van der Waals surface area contributed by atoms with Gasteiger partial charge in [-0.2, -0.15) is 0 Å². The van der Waals surface area contributed by atoms with Gasteiger partial charge in [-0.25, -0.2) is 0 Å². The number of ether oxygens (including phenoxy) is 1. The molecule has 0 amide bonds. The molecule has 102 valence electrons. The summed E-state index contributed by atoms with van der Waals surface area (Å²) in [5.74, 6) is 0.764. The van der Waals surface area contributed by atoms with Gasteiger partial charge >= 0.3 is 0 Å². The van der Waals surface area contributed by atoms with Crippen LogP contribution in [0, 0.1) is 6.92 Å². The lowest BCUT2D eigenvalue weighted by Gasteiger charge is -2.07. The molecule has 1 aliphatic carbocycles. The van der Waals surface area contributed by atoms with E-state index in [1.54, 1.807) is 12.1 Å². The third kappa shape index (κ3) is 2.67. The molecule has 3 rings (SSSR count). The highest BCUT2D eigenvalue weighted by molar-refractivity contribution is 6.09. The lowest BCUT2D eigenvalue weighted by Crippen LogP contribution is -2.04. The fourth-order valence-corrected chi connectivity index (χ4v) is 2.07. The molecule has 1 saturated carbocycles. The van der Waals surface area contributed by atoms with Crippen molar-refractivity contribution in [3.8, 4) is 5.75 Å². The van der Waals surface area contributed by atoms with Gasteiger partial charge in [-0.05, 0) is 55.7 Å². The van der Waals surface area contributed by atoms with Gasteiger partial charge in [0.15, 0.2) is 5.78 Å². The molecule has 0 saturated heterocycles. The monoisotopic (exact) mass is 267 g/mol. The van der Waals surface area contributed by atoms with Crippen LogP contribution in [0.1, 0.15) is 34.3 Å². The summed E-state index contributed by atoms with van der Waals surface area (Å²) in [5.41, 5.74) is 8.70. The molecule has 0 heterocycles. The Kier molecular flexibility index (Phi) is 3.18. The lowest BCUT2D eigenvalue weighted by molar-refractivity contribution is 0.103. The van der Waals surface area contributed by atoms with Gasteiger partial charge in [0.25, 0.3) is 0 Å². The predicted octanol–water partition coefficient (Wildman–Crippen LogP) is 3.35. The normalized spacial score (nSPS) is 14.1. The first kappa shape index (κ1) is 12.7. The number of rotatable bonds is 4. The maximum atomic E-state index is 12.5. The summed E-state index contributed by atoms with van der Waals surface area (Å²) in [6.07, 6.45) is 2.55. The molecule has 20 heavy (non-hydrogen) atoms. The zero-order valence-electron chi connectivity index (χ0n) is 11.4. The van der Waals surface area contributed by atoms with Gasteiger partial charge in [0.1, 0.15) is 5.75 Å². The Hall–Kier alpha value is -2.29. The van der Waals surface area contributed by atoms with E-state index in [1.165, 1.54) is 0 Å². The second kappa shape index (κ2) is 5.00. The van der Waals surface area contributed by atoms with Crippen LogP contribution in [0.4, 0.5) is 5.69 Å². The van der Waals surface area contributed by atoms with E-state index in [1.807, 2.05) is 37.3 Å². The van der Waals surface area contributed by atoms with Crippen LogP contribution in [-0.4, -0.2) is 11.9 Å². The number of carbonyl (C=O) groups is 1. The van der Waals surface area contributed by atoms with Crippen LogP contribution in [-0.2, 0) is 0 Å². The Morgan fingerprint density at radius 1 is 1.15 bits per heavy atom. The zero-order valence-corrected chi connectivity index (χ0v) is 11.4. The summed E-state index contributed by atoms with van der Waals surface area (Å²) >= 11 is 0.